The third kappa shape index (κ3) is 4.23. The third-order valence-electron chi connectivity index (χ3n) is 3.52. The van der Waals surface area contributed by atoms with Crippen LogP contribution in [-0.4, -0.2) is 0 Å². The average molecular weight is 304 g/mol. The Kier molecular flexibility index (Phi) is 5.27. The van der Waals surface area contributed by atoms with Crippen LogP contribution in [0.2, 0.25) is 5.02 Å². The van der Waals surface area contributed by atoms with Crippen molar-refractivity contribution in [1.82, 2.24) is 0 Å². The molecule has 0 aliphatic rings. The van der Waals surface area contributed by atoms with Crippen molar-refractivity contribution in [3.05, 3.63) is 64.2 Å². The fourth-order valence-corrected chi connectivity index (χ4v) is 2.32. The van der Waals surface area contributed by atoms with Gasteiger partial charge in [-0.2, -0.15) is 0 Å². The van der Waals surface area contributed by atoms with Gasteiger partial charge in [-0.15, -0.1) is 0 Å². The predicted octanol–water partition coefficient (Wildman–Crippen LogP) is 5.06. The second-order valence-electron chi connectivity index (χ2n) is 5.66. The Labute approximate surface area is 131 Å². The largest absolute Gasteiger partial charge is 0.487 e. The van der Waals surface area contributed by atoms with Crippen molar-refractivity contribution in [3.8, 4) is 5.75 Å². The van der Waals surface area contributed by atoms with E-state index in [4.69, 9.17) is 22.1 Å². The maximum Gasteiger partial charge on any atom is 0.138 e. The molecular weight excluding hydrogens is 282 g/mol. The highest BCUT2D eigenvalue weighted by atomic mass is 35.5. The summed E-state index contributed by atoms with van der Waals surface area (Å²) in [6.45, 7) is 6.81. The summed E-state index contributed by atoms with van der Waals surface area (Å²) in [7, 11) is 0. The highest BCUT2D eigenvalue weighted by Crippen LogP contribution is 2.28. The molecule has 2 N–H and O–H groups in total. The van der Waals surface area contributed by atoms with Crippen LogP contribution in [0.4, 0.5) is 0 Å². The normalized spacial score (nSPS) is 12.5. The standard InChI is InChI=1S/C18H22ClNO/c1-12(2)15-6-4-14(5-7-15)11-21-18-9-8-16(13(3)20)10-17(18)19/h4-10,12-13H,11,20H2,1-3H3. The van der Waals surface area contributed by atoms with Gasteiger partial charge in [0.1, 0.15) is 12.4 Å². The van der Waals surface area contributed by atoms with Crippen molar-refractivity contribution >= 4 is 11.6 Å². The summed E-state index contributed by atoms with van der Waals surface area (Å²) in [4.78, 5) is 0. The lowest BCUT2D eigenvalue weighted by Gasteiger charge is -2.12. The molecule has 0 aliphatic carbocycles. The summed E-state index contributed by atoms with van der Waals surface area (Å²) in [5.74, 6) is 1.23. The quantitative estimate of drug-likeness (QED) is 0.837. The molecule has 0 fully saturated rings. The van der Waals surface area contributed by atoms with Gasteiger partial charge in [-0.25, -0.2) is 0 Å². The van der Waals surface area contributed by atoms with Gasteiger partial charge < -0.3 is 10.5 Å². The van der Waals surface area contributed by atoms with E-state index in [9.17, 15) is 0 Å². The molecule has 0 aliphatic heterocycles. The Bertz CT molecular complexity index is 591. The molecule has 0 amide bonds. The van der Waals surface area contributed by atoms with E-state index in [1.807, 2.05) is 25.1 Å². The molecule has 0 spiro atoms. The number of hydrogen-bond acceptors (Lipinski definition) is 2. The van der Waals surface area contributed by atoms with Crippen LogP contribution < -0.4 is 10.5 Å². The molecule has 112 valence electrons. The molecular formula is C18H22ClNO. The molecule has 21 heavy (non-hydrogen) atoms. The highest BCUT2D eigenvalue weighted by Gasteiger charge is 2.06. The minimum Gasteiger partial charge on any atom is -0.487 e. The summed E-state index contributed by atoms with van der Waals surface area (Å²) < 4.78 is 5.79. The maximum atomic E-state index is 6.23. The molecule has 1 atom stereocenters. The van der Waals surface area contributed by atoms with Gasteiger partial charge in [0.2, 0.25) is 0 Å². The van der Waals surface area contributed by atoms with E-state index >= 15 is 0 Å². The molecule has 2 nitrogen and oxygen atoms in total. The van der Waals surface area contributed by atoms with Crippen molar-refractivity contribution < 1.29 is 4.74 Å². The van der Waals surface area contributed by atoms with Crippen molar-refractivity contribution in [2.45, 2.75) is 39.3 Å². The lowest BCUT2D eigenvalue weighted by atomic mass is 10.0. The molecule has 0 saturated carbocycles. The number of nitrogens with two attached hydrogens (primary N) is 1. The van der Waals surface area contributed by atoms with Gasteiger partial charge in [-0.05, 0) is 41.7 Å². The van der Waals surface area contributed by atoms with Crippen LogP contribution in [0.5, 0.6) is 5.75 Å². The van der Waals surface area contributed by atoms with Gasteiger partial charge in [0.15, 0.2) is 0 Å². The summed E-state index contributed by atoms with van der Waals surface area (Å²) in [5.41, 5.74) is 9.31. The first-order valence-corrected chi connectivity index (χ1v) is 7.62. The highest BCUT2D eigenvalue weighted by molar-refractivity contribution is 6.32. The molecule has 0 aromatic heterocycles. The van der Waals surface area contributed by atoms with E-state index in [2.05, 4.69) is 38.1 Å². The van der Waals surface area contributed by atoms with Crippen LogP contribution >= 0.6 is 11.6 Å². The van der Waals surface area contributed by atoms with E-state index < -0.39 is 0 Å². The second-order valence-corrected chi connectivity index (χ2v) is 6.07. The van der Waals surface area contributed by atoms with Crippen LogP contribution in [0.3, 0.4) is 0 Å². The Morgan fingerprint density at radius 1 is 1.00 bits per heavy atom. The average Bonchev–Trinajstić information content (AvgIpc) is 2.46. The zero-order valence-electron chi connectivity index (χ0n) is 12.8. The molecule has 3 heteroatoms. The van der Waals surface area contributed by atoms with E-state index in [0.717, 1.165) is 11.1 Å². The summed E-state index contributed by atoms with van der Waals surface area (Å²) in [5, 5.41) is 0.601. The Hall–Kier alpha value is -1.51. The zero-order chi connectivity index (χ0) is 15.4. The summed E-state index contributed by atoms with van der Waals surface area (Å²) in [6.07, 6.45) is 0. The topological polar surface area (TPSA) is 35.2 Å². The number of hydrogen-bond donors (Lipinski definition) is 1. The first kappa shape index (κ1) is 15.9. The summed E-state index contributed by atoms with van der Waals surface area (Å²) >= 11 is 6.23. The molecule has 1 unspecified atom stereocenters. The van der Waals surface area contributed by atoms with Gasteiger partial charge in [0, 0.05) is 6.04 Å². The lowest BCUT2D eigenvalue weighted by Crippen LogP contribution is -2.05. The van der Waals surface area contributed by atoms with E-state index in [1.54, 1.807) is 0 Å². The maximum absolute atomic E-state index is 6.23. The summed E-state index contributed by atoms with van der Waals surface area (Å²) in [6, 6.07) is 14.1. The Balaban J connectivity index is 2.02. The number of rotatable bonds is 5. The van der Waals surface area contributed by atoms with E-state index in [-0.39, 0.29) is 6.04 Å². The van der Waals surface area contributed by atoms with Crippen LogP contribution in [0.25, 0.3) is 0 Å². The number of ether oxygens (including phenoxy) is 1. The van der Waals surface area contributed by atoms with Crippen molar-refractivity contribution in [2.75, 3.05) is 0 Å². The monoisotopic (exact) mass is 303 g/mol. The number of halogens is 1. The molecule has 0 saturated heterocycles. The van der Waals surface area contributed by atoms with Gasteiger partial charge in [0.05, 0.1) is 5.02 Å². The van der Waals surface area contributed by atoms with Gasteiger partial charge >= 0.3 is 0 Å². The first-order chi connectivity index (χ1) is 9.97. The first-order valence-electron chi connectivity index (χ1n) is 7.24. The van der Waals surface area contributed by atoms with Crippen molar-refractivity contribution in [2.24, 2.45) is 5.73 Å². The van der Waals surface area contributed by atoms with Crippen molar-refractivity contribution in [1.29, 1.82) is 0 Å². The van der Waals surface area contributed by atoms with Crippen LogP contribution in [0.1, 0.15) is 49.4 Å². The lowest BCUT2D eigenvalue weighted by molar-refractivity contribution is 0.306. The fraction of sp³-hybridized carbons (Fsp3) is 0.333. The van der Waals surface area contributed by atoms with Gasteiger partial charge in [-0.3, -0.25) is 0 Å². The zero-order valence-corrected chi connectivity index (χ0v) is 13.5. The molecule has 2 aromatic carbocycles. The van der Waals surface area contributed by atoms with Crippen LogP contribution in [-0.2, 0) is 6.61 Å². The van der Waals surface area contributed by atoms with E-state index in [0.29, 0.717) is 23.3 Å². The molecule has 0 radical (unpaired) electrons. The van der Waals surface area contributed by atoms with Crippen LogP contribution in [0, 0.1) is 0 Å². The smallest absolute Gasteiger partial charge is 0.138 e. The van der Waals surface area contributed by atoms with E-state index in [1.165, 1.54) is 5.56 Å². The Morgan fingerprint density at radius 2 is 1.62 bits per heavy atom. The second kappa shape index (κ2) is 6.97. The number of benzene rings is 2. The molecule has 0 bridgehead atoms. The molecule has 0 heterocycles. The van der Waals surface area contributed by atoms with Gasteiger partial charge in [-0.1, -0.05) is 55.8 Å². The third-order valence-corrected chi connectivity index (χ3v) is 3.82. The van der Waals surface area contributed by atoms with Gasteiger partial charge in [0.25, 0.3) is 0 Å². The minimum absolute atomic E-state index is 0.0277. The molecule has 2 rings (SSSR count). The fourth-order valence-electron chi connectivity index (χ4n) is 2.08. The Morgan fingerprint density at radius 3 is 2.14 bits per heavy atom. The van der Waals surface area contributed by atoms with Crippen molar-refractivity contribution in [3.63, 3.8) is 0 Å². The minimum atomic E-state index is -0.0277. The molecule has 2 aromatic rings. The SMILES string of the molecule is CC(C)c1ccc(COc2ccc(C(C)N)cc2Cl)cc1. The van der Waals surface area contributed by atoms with Crippen LogP contribution in [0.15, 0.2) is 42.5 Å². The predicted molar refractivity (Wildman–Crippen MR) is 88.9 cm³/mol.